The van der Waals surface area contributed by atoms with Gasteiger partial charge in [-0.2, -0.15) is 0 Å². The van der Waals surface area contributed by atoms with Crippen LogP contribution in [0.15, 0.2) is 28.7 Å². The quantitative estimate of drug-likeness (QED) is 0.641. The van der Waals surface area contributed by atoms with Gasteiger partial charge in [0, 0.05) is 5.39 Å². The highest BCUT2D eigenvalue weighted by Gasteiger charge is 2.22. The molecule has 18 heavy (non-hydrogen) atoms. The van der Waals surface area contributed by atoms with Gasteiger partial charge in [-0.1, -0.05) is 39.0 Å². The molecule has 0 spiro atoms. The van der Waals surface area contributed by atoms with Crippen LogP contribution in [0.4, 0.5) is 0 Å². The topological polar surface area (TPSA) is 51.2 Å². The van der Waals surface area contributed by atoms with E-state index in [1.165, 1.54) is 0 Å². The number of hydrogen-bond acceptors (Lipinski definition) is 3. The summed E-state index contributed by atoms with van der Waals surface area (Å²) in [6.45, 7) is 8.66. The molecule has 98 valence electrons. The number of fused-ring (bicyclic) bond motifs is 1. The van der Waals surface area contributed by atoms with Gasteiger partial charge >= 0.3 is 0 Å². The number of aryl methyl sites for hydroxylation is 1. The Morgan fingerprint density at radius 3 is 2.61 bits per heavy atom. The maximum absolute atomic E-state index is 5.96. The summed E-state index contributed by atoms with van der Waals surface area (Å²) in [7, 11) is 0. The molecule has 1 aromatic heterocycles. The second kappa shape index (κ2) is 4.75. The third-order valence-electron chi connectivity index (χ3n) is 3.12. The van der Waals surface area contributed by atoms with E-state index >= 15 is 0 Å². The van der Waals surface area contributed by atoms with Crippen molar-refractivity contribution in [3.8, 4) is 0 Å². The Morgan fingerprint density at radius 2 is 2.06 bits per heavy atom. The van der Waals surface area contributed by atoms with E-state index in [1.54, 1.807) is 0 Å². The zero-order valence-electron chi connectivity index (χ0n) is 11.6. The minimum Gasteiger partial charge on any atom is -0.459 e. The lowest BCUT2D eigenvalue weighted by Gasteiger charge is -2.23. The Bertz CT molecular complexity index is 537. The number of hydrazine groups is 1. The summed E-state index contributed by atoms with van der Waals surface area (Å²) < 4.78 is 5.96. The first-order chi connectivity index (χ1) is 8.40. The van der Waals surface area contributed by atoms with Gasteiger partial charge in [-0.15, -0.1) is 0 Å². The van der Waals surface area contributed by atoms with Gasteiger partial charge in [0.2, 0.25) is 0 Å². The first-order valence-electron chi connectivity index (χ1n) is 6.36. The first kappa shape index (κ1) is 13.1. The standard InChI is InChI=1S/C15H22N2O/c1-10-6-5-7-11-8-13(18-14(10)11)12(17-16)9-15(2,3)4/h5-8,12,17H,9,16H2,1-4H3. The second-order valence-electron chi connectivity index (χ2n) is 6.13. The molecule has 3 nitrogen and oxygen atoms in total. The summed E-state index contributed by atoms with van der Waals surface area (Å²) in [5.74, 6) is 6.58. The van der Waals surface area contributed by atoms with E-state index in [-0.39, 0.29) is 11.5 Å². The summed E-state index contributed by atoms with van der Waals surface area (Å²) in [5, 5.41) is 1.14. The molecule has 0 amide bonds. The third kappa shape index (κ3) is 2.74. The molecule has 0 fully saturated rings. The van der Waals surface area contributed by atoms with Crippen molar-refractivity contribution in [1.82, 2.24) is 5.43 Å². The van der Waals surface area contributed by atoms with Gasteiger partial charge in [0.1, 0.15) is 11.3 Å². The highest BCUT2D eigenvalue weighted by Crippen LogP contribution is 2.32. The maximum Gasteiger partial charge on any atom is 0.137 e. The van der Waals surface area contributed by atoms with Crippen molar-refractivity contribution in [3.05, 3.63) is 35.6 Å². The van der Waals surface area contributed by atoms with Crippen LogP contribution in [-0.4, -0.2) is 0 Å². The van der Waals surface area contributed by atoms with Crippen LogP contribution in [0.1, 0.15) is 44.6 Å². The summed E-state index contributed by atoms with van der Waals surface area (Å²) in [4.78, 5) is 0. The fourth-order valence-electron chi connectivity index (χ4n) is 2.25. The van der Waals surface area contributed by atoms with E-state index in [4.69, 9.17) is 10.3 Å². The molecule has 3 N–H and O–H groups in total. The van der Waals surface area contributed by atoms with Crippen molar-refractivity contribution in [2.75, 3.05) is 0 Å². The van der Waals surface area contributed by atoms with E-state index in [2.05, 4.69) is 51.3 Å². The van der Waals surface area contributed by atoms with Crippen molar-refractivity contribution in [2.45, 2.75) is 40.2 Å². The lowest BCUT2D eigenvalue weighted by Crippen LogP contribution is -2.30. The number of para-hydroxylation sites is 1. The van der Waals surface area contributed by atoms with Gasteiger partial charge in [0.15, 0.2) is 0 Å². The Morgan fingerprint density at radius 1 is 1.33 bits per heavy atom. The van der Waals surface area contributed by atoms with E-state index < -0.39 is 0 Å². The molecule has 0 aliphatic carbocycles. The Kier molecular flexibility index (Phi) is 3.46. The molecule has 1 atom stereocenters. The summed E-state index contributed by atoms with van der Waals surface area (Å²) in [6.07, 6.45) is 0.933. The Balaban J connectivity index is 2.37. The molecular weight excluding hydrogens is 224 g/mol. The fraction of sp³-hybridized carbons (Fsp3) is 0.467. The SMILES string of the molecule is Cc1cccc2cc(C(CC(C)(C)C)NN)oc12. The number of hydrogen-bond donors (Lipinski definition) is 2. The highest BCUT2D eigenvalue weighted by molar-refractivity contribution is 5.80. The van der Waals surface area contributed by atoms with Crippen molar-refractivity contribution in [2.24, 2.45) is 11.3 Å². The van der Waals surface area contributed by atoms with Gasteiger partial charge < -0.3 is 4.42 Å². The summed E-state index contributed by atoms with van der Waals surface area (Å²) in [6, 6.07) is 8.31. The molecule has 0 saturated carbocycles. The average molecular weight is 246 g/mol. The average Bonchev–Trinajstić information content (AvgIpc) is 2.70. The maximum atomic E-state index is 5.96. The van der Waals surface area contributed by atoms with Crippen molar-refractivity contribution in [3.63, 3.8) is 0 Å². The molecule has 0 radical (unpaired) electrons. The molecular formula is C15H22N2O. The molecule has 1 unspecified atom stereocenters. The van der Waals surface area contributed by atoms with Crippen LogP contribution in [-0.2, 0) is 0 Å². The molecule has 1 aromatic carbocycles. The molecule has 0 aliphatic heterocycles. The molecule has 0 aliphatic rings. The lowest BCUT2D eigenvalue weighted by atomic mass is 9.87. The fourth-order valence-corrected chi connectivity index (χ4v) is 2.25. The molecule has 2 aromatic rings. The van der Waals surface area contributed by atoms with Crippen LogP contribution < -0.4 is 11.3 Å². The van der Waals surface area contributed by atoms with E-state index in [0.717, 1.165) is 28.7 Å². The largest absolute Gasteiger partial charge is 0.459 e. The number of nitrogens with two attached hydrogens (primary N) is 1. The third-order valence-corrected chi connectivity index (χ3v) is 3.12. The molecule has 0 saturated heterocycles. The second-order valence-corrected chi connectivity index (χ2v) is 6.13. The van der Waals surface area contributed by atoms with E-state index in [9.17, 15) is 0 Å². The van der Waals surface area contributed by atoms with Crippen molar-refractivity contribution in [1.29, 1.82) is 0 Å². The zero-order valence-corrected chi connectivity index (χ0v) is 11.6. The first-order valence-corrected chi connectivity index (χ1v) is 6.36. The van der Waals surface area contributed by atoms with Crippen LogP contribution in [0.5, 0.6) is 0 Å². The van der Waals surface area contributed by atoms with Gasteiger partial charge in [0.25, 0.3) is 0 Å². The molecule has 3 heteroatoms. The van der Waals surface area contributed by atoms with Gasteiger partial charge in [-0.3, -0.25) is 5.84 Å². The molecule has 1 heterocycles. The van der Waals surface area contributed by atoms with Gasteiger partial charge in [-0.25, -0.2) is 5.43 Å². The minimum atomic E-state index is 0.0526. The van der Waals surface area contributed by atoms with Crippen LogP contribution in [0.2, 0.25) is 0 Å². The van der Waals surface area contributed by atoms with Crippen LogP contribution in [0.3, 0.4) is 0 Å². The number of nitrogens with one attached hydrogen (secondary N) is 1. The normalized spacial score (nSPS) is 14.1. The van der Waals surface area contributed by atoms with Crippen LogP contribution in [0, 0.1) is 12.3 Å². The Labute approximate surface area is 108 Å². The van der Waals surface area contributed by atoms with E-state index in [0.29, 0.717) is 0 Å². The van der Waals surface area contributed by atoms with Gasteiger partial charge in [-0.05, 0) is 30.4 Å². The summed E-state index contributed by atoms with van der Waals surface area (Å²) in [5.41, 5.74) is 5.18. The predicted molar refractivity (Wildman–Crippen MR) is 75.1 cm³/mol. The number of furan rings is 1. The van der Waals surface area contributed by atoms with Gasteiger partial charge in [0.05, 0.1) is 6.04 Å². The lowest BCUT2D eigenvalue weighted by molar-refractivity contribution is 0.289. The molecule has 0 bridgehead atoms. The summed E-state index contributed by atoms with van der Waals surface area (Å²) >= 11 is 0. The van der Waals surface area contributed by atoms with E-state index in [1.807, 2.05) is 6.07 Å². The predicted octanol–water partition coefficient (Wildman–Crippen LogP) is 3.68. The van der Waals surface area contributed by atoms with Crippen molar-refractivity contribution >= 4 is 11.0 Å². The smallest absolute Gasteiger partial charge is 0.137 e. The Hall–Kier alpha value is -1.32. The zero-order chi connectivity index (χ0) is 13.3. The number of benzene rings is 1. The van der Waals surface area contributed by atoms with Crippen molar-refractivity contribution < 1.29 is 4.42 Å². The van der Waals surface area contributed by atoms with Crippen LogP contribution >= 0.6 is 0 Å². The highest BCUT2D eigenvalue weighted by atomic mass is 16.3. The monoisotopic (exact) mass is 246 g/mol. The minimum absolute atomic E-state index is 0.0526. The number of rotatable bonds is 3. The molecule has 2 rings (SSSR count). The van der Waals surface area contributed by atoms with Crippen LogP contribution in [0.25, 0.3) is 11.0 Å².